The lowest BCUT2D eigenvalue weighted by Crippen LogP contribution is -2.34. The molecule has 19 heavy (non-hydrogen) atoms. The topological polar surface area (TPSA) is 36.3 Å². The van der Waals surface area contributed by atoms with Gasteiger partial charge in [-0.15, -0.1) is 0 Å². The molecule has 1 aromatic carbocycles. The van der Waals surface area contributed by atoms with Crippen LogP contribution in [0, 0.1) is 23.1 Å². The first-order valence-electron chi connectivity index (χ1n) is 6.64. The summed E-state index contributed by atoms with van der Waals surface area (Å²) in [6.07, 6.45) is 2.81. The standard InChI is InChI=1S/C15H19FN2O/c1-19-14-2-3-15(16)13(11-14)10-12-4-7-18(8-5-12)9-6-17/h2-3,11-12H,4-5,7-10H2,1H3. The molecule has 102 valence electrons. The lowest BCUT2D eigenvalue weighted by Gasteiger charge is -2.30. The van der Waals surface area contributed by atoms with E-state index in [2.05, 4.69) is 11.0 Å². The van der Waals surface area contributed by atoms with Gasteiger partial charge in [-0.3, -0.25) is 4.90 Å². The van der Waals surface area contributed by atoms with Crippen molar-refractivity contribution in [3.8, 4) is 11.8 Å². The Morgan fingerprint density at radius 3 is 2.79 bits per heavy atom. The first-order valence-corrected chi connectivity index (χ1v) is 6.64. The zero-order chi connectivity index (χ0) is 13.7. The Morgan fingerprint density at radius 1 is 1.42 bits per heavy atom. The van der Waals surface area contributed by atoms with Gasteiger partial charge in [-0.05, 0) is 62.0 Å². The largest absolute Gasteiger partial charge is 0.497 e. The van der Waals surface area contributed by atoms with Gasteiger partial charge in [0.15, 0.2) is 0 Å². The molecule has 1 aliphatic heterocycles. The summed E-state index contributed by atoms with van der Waals surface area (Å²) in [5, 5.41) is 8.66. The zero-order valence-electron chi connectivity index (χ0n) is 11.2. The molecule has 3 nitrogen and oxygen atoms in total. The normalized spacial score (nSPS) is 17.1. The van der Waals surface area contributed by atoms with Crippen molar-refractivity contribution < 1.29 is 9.13 Å². The van der Waals surface area contributed by atoms with Crippen LogP contribution >= 0.6 is 0 Å². The van der Waals surface area contributed by atoms with Crippen molar-refractivity contribution in [2.24, 2.45) is 5.92 Å². The molecule has 1 heterocycles. The molecule has 1 saturated heterocycles. The number of methoxy groups -OCH3 is 1. The molecule has 1 aromatic rings. The van der Waals surface area contributed by atoms with E-state index >= 15 is 0 Å². The van der Waals surface area contributed by atoms with Crippen LogP contribution in [0.2, 0.25) is 0 Å². The summed E-state index contributed by atoms with van der Waals surface area (Å²) in [5.74, 6) is 1.05. The Balaban J connectivity index is 1.94. The van der Waals surface area contributed by atoms with E-state index in [-0.39, 0.29) is 5.82 Å². The molecule has 0 saturated carbocycles. The van der Waals surface area contributed by atoms with Gasteiger partial charge in [0.2, 0.25) is 0 Å². The molecule has 0 amide bonds. The summed E-state index contributed by atoms with van der Waals surface area (Å²) in [6, 6.07) is 7.08. The van der Waals surface area contributed by atoms with Crippen molar-refractivity contribution in [3.05, 3.63) is 29.6 Å². The van der Waals surface area contributed by atoms with E-state index in [1.165, 1.54) is 6.07 Å². The average molecular weight is 262 g/mol. The second-order valence-corrected chi connectivity index (χ2v) is 5.04. The van der Waals surface area contributed by atoms with Gasteiger partial charge in [0.05, 0.1) is 19.7 Å². The predicted molar refractivity (Wildman–Crippen MR) is 71.4 cm³/mol. The molecule has 0 spiro atoms. The summed E-state index contributed by atoms with van der Waals surface area (Å²) in [4.78, 5) is 2.15. The Morgan fingerprint density at radius 2 is 2.16 bits per heavy atom. The van der Waals surface area contributed by atoms with E-state index in [0.717, 1.165) is 37.9 Å². The van der Waals surface area contributed by atoms with Crippen molar-refractivity contribution in [1.29, 1.82) is 5.26 Å². The van der Waals surface area contributed by atoms with Gasteiger partial charge in [-0.2, -0.15) is 5.26 Å². The molecule has 0 bridgehead atoms. The summed E-state index contributed by atoms with van der Waals surface area (Å²) >= 11 is 0. The molecule has 0 N–H and O–H groups in total. The number of ether oxygens (including phenoxy) is 1. The fourth-order valence-corrected chi connectivity index (χ4v) is 2.59. The van der Waals surface area contributed by atoms with Gasteiger partial charge in [-0.25, -0.2) is 4.39 Å². The number of likely N-dealkylation sites (tertiary alicyclic amines) is 1. The minimum absolute atomic E-state index is 0.153. The number of hydrogen-bond donors (Lipinski definition) is 0. The predicted octanol–water partition coefficient (Wildman–Crippen LogP) is 2.61. The van der Waals surface area contributed by atoms with E-state index in [9.17, 15) is 4.39 Å². The van der Waals surface area contributed by atoms with E-state index in [1.54, 1.807) is 19.2 Å². The molecule has 0 aliphatic carbocycles. The van der Waals surface area contributed by atoms with Crippen LogP contribution in [0.5, 0.6) is 5.75 Å². The second kappa shape index (κ2) is 6.53. The number of rotatable bonds is 4. The molecule has 0 aromatic heterocycles. The minimum atomic E-state index is -0.153. The lowest BCUT2D eigenvalue weighted by atomic mass is 9.90. The summed E-state index contributed by atoms with van der Waals surface area (Å²) in [5.41, 5.74) is 0.734. The number of benzene rings is 1. The number of hydrogen-bond acceptors (Lipinski definition) is 3. The molecule has 1 aliphatic rings. The van der Waals surface area contributed by atoms with Crippen LogP contribution in [0.4, 0.5) is 4.39 Å². The number of halogens is 1. The van der Waals surface area contributed by atoms with Gasteiger partial charge in [0.25, 0.3) is 0 Å². The first-order chi connectivity index (χ1) is 9.22. The highest BCUT2D eigenvalue weighted by molar-refractivity contribution is 5.30. The lowest BCUT2D eigenvalue weighted by molar-refractivity contribution is 0.201. The maximum Gasteiger partial charge on any atom is 0.126 e. The molecular formula is C15H19FN2O. The molecule has 2 rings (SSSR count). The third-order valence-corrected chi connectivity index (χ3v) is 3.76. The van der Waals surface area contributed by atoms with E-state index in [1.807, 2.05) is 0 Å². The smallest absolute Gasteiger partial charge is 0.126 e. The number of nitriles is 1. The maximum atomic E-state index is 13.7. The maximum absolute atomic E-state index is 13.7. The zero-order valence-corrected chi connectivity index (χ0v) is 11.2. The highest BCUT2D eigenvalue weighted by atomic mass is 19.1. The fraction of sp³-hybridized carbons (Fsp3) is 0.533. The molecule has 0 unspecified atom stereocenters. The molecular weight excluding hydrogens is 243 g/mol. The fourth-order valence-electron chi connectivity index (χ4n) is 2.59. The van der Waals surface area contributed by atoms with Gasteiger partial charge in [-0.1, -0.05) is 0 Å². The molecule has 0 atom stereocenters. The summed E-state index contributed by atoms with van der Waals surface area (Å²) in [7, 11) is 1.59. The van der Waals surface area contributed by atoms with Crippen molar-refractivity contribution in [1.82, 2.24) is 4.90 Å². The van der Waals surface area contributed by atoms with Crippen LogP contribution in [0.15, 0.2) is 18.2 Å². The molecule has 0 radical (unpaired) electrons. The Hall–Kier alpha value is -1.60. The molecule has 1 fully saturated rings. The van der Waals surface area contributed by atoms with Crippen molar-refractivity contribution in [2.45, 2.75) is 19.3 Å². The van der Waals surface area contributed by atoms with Crippen LogP contribution < -0.4 is 4.74 Å². The first kappa shape index (κ1) is 13.8. The van der Waals surface area contributed by atoms with Gasteiger partial charge < -0.3 is 4.74 Å². The van der Waals surface area contributed by atoms with Crippen LogP contribution in [0.1, 0.15) is 18.4 Å². The van der Waals surface area contributed by atoms with Crippen molar-refractivity contribution >= 4 is 0 Å². The van der Waals surface area contributed by atoms with Crippen LogP contribution in [-0.4, -0.2) is 31.6 Å². The van der Waals surface area contributed by atoms with Crippen molar-refractivity contribution in [3.63, 3.8) is 0 Å². The third kappa shape index (κ3) is 3.68. The number of nitrogens with zero attached hydrogens (tertiary/aromatic N) is 2. The number of piperidine rings is 1. The Labute approximate surface area is 113 Å². The SMILES string of the molecule is COc1ccc(F)c(CC2CCN(CC#N)CC2)c1. The second-order valence-electron chi connectivity index (χ2n) is 5.04. The van der Waals surface area contributed by atoms with E-state index in [4.69, 9.17) is 10.00 Å². The average Bonchev–Trinajstić information content (AvgIpc) is 2.44. The Kier molecular flexibility index (Phi) is 4.75. The molecule has 4 heteroatoms. The summed E-state index contributed by atoms with van der Waals surface area (Å²) in [6.45, 7) is 2.37. The summed E-state index contributed by atoms with van der Waals surface area (Å²) < 4.78 is 18.9. The van der Waals surface area contributed by atoms with Gasteiger partial charge >= 0.3 is 0 Å². The van der Waals surface area contributed by atoms with E-state index < -0.39 is 0 Å². The quantitative estimate of drug-likeness (QED) is 0.783. The van der Waals surface area contributed by atoms with Crippen molar-refractivity contribution in [2.75, 3.05) is 26.7 Å². The van der Waals surface area contributed by atoms with Crippen LogP contribution in [0.3, 0.4) is 0 Å². The van der Waals surface area contributed by atoms with Crippen LogP contribution in [-0.2, 0) is 6.42 Å². The minimum Gasteiger partial charge on any atom is -0.497 e. The van der Waals surface area contributed by atoms with Gasteiger partial charge in [0, 0.05) is 0 Å². The highest BCUT2D eigenvalue weighted by Gasteiger charge is 2.20. The van der Waals surface area contributed by atoms with E-state index in [0.29, 0.717) is 18.2 Å². The highest BCUT2D eigenvalue weighted by Crippen LogP contribution is 2.25. The van der Waals surface area contributed by atoms with Crippen LogP contribution in [0.25, 0.3) is 0 Å². The Bertz CT molecular complexity index is 462. The monoisotopic (exact) mass is 262 g/mol. The van der Waals surface area contributed by atoms with Gasteiger partial charge in [0.1, 0.15) is 11.6 Å². The third-order valence-electron chi connectivity index (χ3n) is 3.76.